The average Bonchev–Trinajstić information content (AvgIpc) is 3.44. The van der Waals surface area contributed by atoms with Crippen molar-refractivity contribution < 1.29 is 14.1 Å². The highest BCUT2D eigenvalue weighted by Crippen LogP contribution is 2.16. The third kappa shape index (κ3) is 4.38. The monoisotopic (exact) mass is 392 g/mol. The summed E-state index contributed by atoms with van der Waals surface area (Å²) in [6.45, 7) is 0.776. The van der Waals surface area contributed by atoms with Crippen LogP contribution in [0.1, 0.15) is 21.9 Å². The standard InChI is InChI=1S/C19H16N6O4/c26-19(22-15-4-1-3-14(9-15)11-23-8-2-7-20-23)18-6-5-17(29-18)13-24-12-16(10-21-24)25(27)28/h1-10,12H,11,13H2,(H,22,26). The van der Waals surface area contributed by atoms with Crippen LogP contribution in [0.25, 0.3) is 0 Å². The molecule has 0 radical (unpaired) electrons. The molecular weight excluding hydrogens is 376 g/mol. The van der Waals surface area contributed by atoms with Crippen LogP contribution in [0.2, 0.25) is 0 Å². The van der Waals surface area contributed by atoms with Crippen LogP contribution in [0.4, 0.5) is 11.4 Å². The van der Waals surface area contributed by atoms with E-state index in [0.29, 0.717) is 18.0 Å². The van der Waals surface area contributed by atoms with Crippen molar-refractivity contribution in [3.8, 4) is 0 Å². The van der Waals surface area contributed by atoms with Gasteiger partial charge in [-0.2, -0.15) is 10.2 Å². The quantitative estimate of drug-likeness (QED) is 0.381. The lowest BCUT2D eigenvalue weighted by molar-refractivity contribution is -0.385. The molecule has 0 unspecified atom stereocenters. The van der Waals surface area contributed by atoms with Crippen LogP contribution in [-0.4, -0.2) is 30.4 Å². The Morgan fingerprint density at radius 2 is 2.03 bits per heavy atom. The molecule has 0 aliphatic carbocycles. The number of rotatable bonds is 7. The highest BCUT2D eigenvalue weighted by atomic mass is 16.6. The SMILES string of the molecule is O=C(Nc1cccc(Cn2cccn2)c1)c1ccc(Cn2cc([N+](=O)[O-])cn2)o1. The van der Waals surface area contributed by atoms with Gasteiger partial charge < -0.3 is 9.73 Å². The van der Waals surface area contributed by atoms with Crippen molar-refractivity contribution in [2.45, 2.75) is 13.1 Å². The van der Waals surface area contributed by atoms with Crippen molar-refractivity contribution in [2.75, 3.05) is 5.32 Å². The minimum Gasteiger partial charge on any atom is -0.454 e. The van der Waals surface area contributed by atoms with Gasteiger partial charge in [-0.25, -0.2) is 0 Å². The number of furan rings is 1. The van der Waals surface area contributed by atoms with Gasteiger partial charge in [-0.3, -0.25) is 24.3 Å². The van der Waals surface area contributed by atoms with E-state index in [2.05, 4.69) is 15.5 Å². The van der Waals surface area contributed by atoms with Crippen molar-refractivity contribution in [3.63, 3.8) is 0 Å². The van der Waals surface area contributed by atoms with Gasteiger partial charge in [0, 0.05) is 18.1 Å². The van der Waals surface area contributed by atoms with E-state index in [1.54, 1.807) is 29.1 Å². The number of amides is 1. The van der Waals surface area contributed by atoms with Gasteiger partial charge in [0.1, 0.15) is 18.2 Å². The van der Waals surface area contributed by atoms with Gasteiger partial charge in [-0.1, -0.05) is 12.1 Å². The molecule has 3 aromatic heterocycles. The Morgan fingerprint density at radius 3 is 2.79 bits per heavy atom. The van der Waals surface area contributed by atoms with E-state index in [9.17, 15) is 14.9 Å². The molecule has 10 heteroatoms. The lowest BCUT2D eigenvalue weighted by atomic mass is 10.2. The summed E-state index contributed by atoms with van der Waals surface area (Å²) in [6.07, 6.45) is 6.03. The third-order valence-corrected chi connectivity index (χ3v) is 4.12. The molecule has 4 aromatic rings. The topological polar surface area (TPSA) is 121 Å². The molecule has 0 fully saturated rings. The van der Waals surface area contributed by atoms with Crippen molar-refractivity contribution in [3.05, 3.63) is 94.5 Å². The second-order valence-electron chi connectivity index (χ2n) is 6.28. The summed E-state index contributed by atoms with van der Waals surface area (Å²) in [6, 6.07) is 12.5. The summed E-state index contributed by atoms with van der Waals surface area (Å²) in [4.78, 5) is 22.7. The number of nitrogens with one attached hydrogen (secondary N) is 1. The van der Waals surface area contributed by atoms with Crippen LogP contribution in [-0.2, 0) is 13.1 Å². The maximum absolute atomic E-state index is 12.5. The van der Waals surface area contributed by atoms with Gasteiger partial charge in [-0.05, 0) is 35.9 Å². The first-order chi connectivity index (χ1) is 14.1. The maximum Gasteiger partial charge on any atom is 0.307 e. The normalized spacial score (nSPS) is 10.8. The first-order valence-electron chi connectivity index (χ1n) is 8.70. The second kappa shape index (κ2) is 7.80. The molecule has 3 heterocycles. The Morgan fingerprint density at radius 1 is 1.14 bits per heavy atom. The van der Waals surface area contributed by atoms with Crippen LogP contribution in [0.5, 0.6) is 0 Å². The summed E-state index contributed by atoms with van der Waals surface area (Å²) in [5, 5.41) is 21.6. The third-order valence-electron chi connectivity index (χ3n) is 4.12. The maximum atomic E-state index is 12.5. The van der Waals surface area contributed by atoms with E-state index in [4.69, 9.17) is 4.42 Å². The Hall–Kier alpha value is -4.21. The summed E-state index contributed by atoms with van der Waals surface area (Å²) >= 11 is 0. The molecule has 146 valence electrons. The molecule has 10 nitrogen and oxygen atoms in total. The van der Waals surface area contributed by atoms with Gasteiger partial charge in [0.05, 0.1) is 18.0 Å². The Kier molecular flexibility index (Phi) is 4.89. The Bertz CT molecular complexity index is 1150. The Labute approximate surface area is 164 Å². The lowest BCUT2D eigenvalue weighted by Crippen LogP contribution is -2.11. The van der Waals surface area contributed by atoms with Crippen LogP contribution in [0, 0.1) is 10.1 Å². The predicted molar refractivity (Wildman–Crippen MR) is 102 cm³/mol. The molecule has 1 N–H and O–H groups in total. The van der Waals surface area contributed by atoms with Crippen LogP contribution >= 0.6 is 0 Å². The van der Waals surface area contributed by atoms with E-state index in [1.165, 1.54) is 10.9 Å². The summed E-state index contributed by atoms with van der Waals surface area (Å²) < 4.78 is 8.71. The van der Waals surface area contributed by atoms with E-state index < -0.39 is 4.92 Å². The highest BCUT2D eigenvalue weighted by molar-refractivity contribution is 6.02. The van der Waals surface area contributed by atoms with Gasteiger partial charge in [-0.15, -0.1) is 0 Å². The molecule has 1 amide bonds. The van der Waals surface area contributed by atoms with Gasteiger partial charge in [0.15, 0.2) is 5.76 Å². The number of anilines is 1. The van der Waals surface area contributed by atoms with Crippen LogP contribution in [0.15, 0.2) is 71.7 Å². The van der Waals surface area contributed by atoms with Crippen molar-refractivity contribution in [1.29, 1.82) is 0 Å². The van der Waals surface area contributed by atoms with Gasteiger partial charge >= 0.3 is 5.69 Å². The summed E-state index contributed by atoms with van der Waals surface area (Å²) in [5.41, 5.74) is 1.52. The molecule has 0 atom stereocenters. The molecule has 0 saturated carbocycles. The van der Waals surface area contributed by atoms with Crippen molar-refractivity contribution in [1.82, 2.24) is 19.6 Å². The minimum atomic E-state index is -0.523. The number of aromatic nitrogens is 4. The molecule has 0 bridgehead atoms. The zero-order valence-electron chi connectivity index (χ0n) is 15.1. The van der Waals surface area contributed by atoms with E-state index >= 15 is 0 Å². The molecule has 4 rings (SSSR count). The van der Waals surface area contributed by atoms with E-state index in [1.807, 2.05) is 30.5 Å². The fraction of sp³-hybridized carbons (Fsp3) is 0.105. The van der Waals surface area contributed by atoms with Gasteiger partial charge in [0.25, 0.3) is 5.91 Å². The number of carbonyl (C=O) groups is 1. The molecule has 0 aliphatic heterocycles. The number of benzene rings is 1. The minimum absolute atomic E-state index is 0.107. The first-order valence-corrected chi connectivity index (χ1v) is 8.70. The molecule has 29 heavy (non-hydrogen) atoms. The fourth-order valence-corrected chi connectivity index (χ4v) is 2.80. The number of carbonyl (C=O) groups excluding carboxylic acids is 1. The number of nitro groups is 1. The van der Waals surface area contributed by atoms with E-state index in [-0.39, 0.29) is 23.9 Å². The molecule has 0 aliphatic rings. The molecule has 0 saturated heterocycles. The largest absolute Gasteiger partial charge is 0.454 e. The average molecular weight is 392 g/mol. The Balaban J connectivity index is 1.40. The molecule has 0 spiro atoms. The van der Waals surface area contributed by atoms with E-state index in [0.717, 1.165) is 11.8 Å². The number of hydrogen-bond acceptors (Lipinski definition) is 6. The van der Waals surface area contributed by atoms with Gasteiger partial charge in [0.2, 0.25) is 0 Å². The summed E-state index contributed by atoms with van der Waals surface area (Å²) in [7, 11) is 0. The fourth-order valence-electron chi connectivity index (χ4n) is 2.80. The molecule has 1 aromatic carbocycles. The smallest absolute Gasteiger partial charge is 0.307 e. The van der Waals surface area contributed by atoms with Crippen LogP contribution < -0.4 is 5.32 Å². The zero-order chi connectivity index (χ0) is 20.2. The number of hydrogen-bond donors (Lipinski definition) is 1. The number of nitrogens with zero attached hydrogens (tertiary/aromatic N) is 5. The first kappa shape index (κ1) is 18.2. The van der Waals surface area contributed by atoms with Crippen LogP contribution in [0.3, 0.4) is 0 Å². The lowest BCUT2D eigenvalue weighted by Gasteiger charge is -2.07. The second-order valence-corrected chi connectivity index (χ2v) is 6.28. The summed E-state index contributed by atoms with van der Waals surface area (Å²) in [5.74, 6) is 0.207. The molecular formula is C19H16N6O4. The van der Waals surface area contributed by atoms with Crippen molar-refractivity contribution in [2.24, 2.45) is 0 Å². The zero-order valence-corrected chi connectivity index (χ0v) is 15.1. The highest BCUT2D eigenvalue weighted by Gasteiger charge is 2.14. The predicted octanol–water partition coefficient (Wildman–Crippen LogP) is 2.93. The van der Waals surface area contributed by atoms with Crippen molar-refractivity contribution >= 4 is 17.3 Å².